The van der Waals surface area contributed by atoms with Gasteiger partial charge in [-0.05, 0) is 50.3 Å². The van der Waals surface area contributed by atoms with Crippen molar-refractivity contribution in [1.82, 2.24) is 14.5 Å². The summed E-state index contributed by atoms with van der Waals surface area (Å²) < 4.78 is 2.19. The van der Waals surface area contributed by atoms with Gasteiger partial charge in [0.1, 0.15) is 11.3 Å². The molecule has 1 unspecified atom stereocenters. The Morgan fingerprint density at radius 2 is 2.15 bits per heavy atom. The summed E-state index contributed by atoms with van der Waals surface area (Å²) in [7, 11) is 0. The van der Waals surface area contributed by atoms with Gasteiger partial charge in [0.15, 0.2) is 5.65 Å². The molecule has 0 amide bonds. The van der Waals surface area contributed by atoms with Gasteiger partial charge in [-0.15, -0.1) is 11.6 Å². The molecule has 110 valence electrons. The summed E-state index contributed by atoms with van der Waals surface area (Å²) >= 11 is 8.19. The minimum Gasteiger partial charge on any atom is -0.311 e. The molecule has 0 saturated heterocycles. The molecule has 3 nitrogen and oxygen atoms in total. The van der Waals surface area contributed by atoms with Gasteiger partial charge >= 0.3 is 0 Å². The van der Waals surface area contributed by atoms with E-state index in [1.807, 2.05) is 30.9 Å². The molecule has 0 saturated carbocycles. The number of aryl methyl sites for hydroxylation is 2. The first-order chi connectivity index (χ1) is 9.65. The Kier molecular flexibility index (Phi) is 5.73. The smallest absolute Gasteiger partial charge is 0.160 e. The first kappa shape index (κ1) is 15.6. The summed E-state index contributed by atoms with van der Waals surface area (Å²) in [5.74, 6) is 2.18. The molecule has 0 radical (unpaired) electrons. The van der Waals surface area contributed by atoms with E-state index in [-0.39, 0.29) is 5.38 Å². The zero-order valence-electron chi connectivity index (χ0n) is 12.4. The number of rotatable bonds is 7. The Labute approximate surface area is 130 Å². The van der Waals surface area contributed by atoms with Crippen LogP contribution in [0.3, 0.4) is 0 Å². The van der Waals surface area contributed by atoms with Crippen LogP contribution in [0.4, 0.5) is 0 Å². The van der Waals surface area contributed by atoms with E-state index in [4.69, 9.17) is 16.6 Å². The Balaban J connectivity index is 2.21. The second-order valence-electron chi connectivity index (χ2n) is 5.09. The maximum Gasteiger partial charge on any atom is 0.160 e. The van der Waals surface area contributed by atoms with Crippen LogP contribution >= 0.6 is 23.4 Å². The number of hydrogen-bond acceptors (Lipinski definition) is 3. The van der Waals surface area contributed by atoms with Crippen LogP contribution in [0.1, 0.15) is 43.0 Å². The van der Waals surface area contributed by atoms with E-state index in [9.17, 15) is 0 Å². The van der Waals surface area contributed by atoms with E-state index < -0.39 is 0 Å². The lowest BCUT2D eigenvalue weighted by atomic mass is 10.2. The standard InChI is InChI=1S/C15H22ClN3S/c1-11-7-8-17-15-13(11)18-14(12(2)16)19(15)9-5-4-6-10-20-3/h7-8,12H,4-6,9-10H2,1-3H3. The zero-order valence-corrected chi connectivity index (χ0v) is 14.0. The molecule has 2 heterocycles. The second kappa shape index (κ2) is 7.32. The van der Waals surface area contributed by atoms with Gasteiger partial charge in [-0.2, -0.15) is 11.8 Å². The second-order valence-corrected chi connectivity index (χ2v) is 6.73. The van der Waals surface area contributed by atoms with Gasteiger partial charge in [0.05, 0.1) is 5.38 Å². The Hall–Kier alpha value is -0.740. The maximum atomic E-state index is 6.28. The van der Waals surface area contributed by atoms with Crippen LogP contribution in [0.2, 0.25) is 0 Å². The van der Waals surface area contributed by atoms with Gasteiger partial charge < -0.3 is 4.57 Å². The van der Waals surface area contributed by atoms with Crippen molar-refractivity contribution in [2.75, 3.05) is 12.0 Å². The van der Waals surface area contributed by atoms with Gasteiger partial charge in [0.2, 0.25) is 0 Å². The Morgan fingerprint density at radius 3 is 2.85 bits per heavy atom. The fraction of sp³-hybridized carbons (Fsp3) is 0.600. The molecule has 20 heavy (non-hydrogen) atoms. The number of imidazole rings is 1. The number of pyridine rings is 1. The van der Waals surface area contributed by atoms with Gasteiger partial charge in [-0.1, -0.05) is 6.42 Å². The van der Waals surface area contributed by atoms with Crippen molar-refractivity contribution in [1.29, 1.82) is 0 Å². The lowest BCUT2D eigenvalue weighted by molar-refractivity contribution is 0.590. The molecule has 0 bridgehead atoms. The molecule has 0 spiro atoms. The zero-order chi connectivity index (χ0) is 14.5. The van der Waals surface area contributed by atoms with Crippen molar-refractivity contribution in [3.8, 4) is 0 Å². The number of hydrogen-bond donors (Lipinski definition) is 0. The first-order valence-corrected chi connectivity index (χ1v) is 8.93. The largest absolute Gasteiger partial charge is 0.311 e. The van der Waals surface area contributed by atoms with Gasteiger partial charge in [0, 0.05) is 12.7 Å². The van der Waals surface area contributed by atoms with Crippen molar-refractivity contribution >= 4 is 34.5 Å². The van der Waals surface area contributed by atoms with Crippen molar-refractivity contribution < 1.29 is 0 Å². The third-order valence-corrected chi connectivity index (χ3v) is 4.34. The highest BCUT2D eigenvalue weighted by Gasteiger charge is 2.16. The van der Waals surface area contributed by atoms with Crippen LogP contribution in [0.15, 0.2) is 12.3 Å². The molecule has 2 aromatic rings. The fourth-order valence-corrected chi connectivity index (χ4v) is 3.03. The van der Waals surface area contributed by atoms with Crippen molar-refractivity contribution in [2.45, 2.75) is 45.0 Å². The summed E-state index contributed by atoms with van der Waals surface area (Å²) in [6, 6.07) is 2.00. The lowest BCUT2D eigenvalue weighted by Gasteiger charge is -2.09. The average Bonchev–Trinajstić information content (AvgIpc) is 2.79. The average molecular weight is 312 g/mol. The van der Waals surface area contributed by atoms with Crippen molar-refractivity contribution in [3.05, 3.63) is 23.7 Å². The maximum absolute atomic E-state index is 6.28. The molecule has 0 fully saturated rings. The molecule has 2 rings (SSSR count). The van der Waals surface area contributed by atoms with E-state index in [0.29, 0.717) is 0 Å². The number of fused-ring (bicyclic) bond motifs is 1. The molecule has 5 heteroatoms. The third kappa shape index (κ3) is 3.47. The first-order valence-electron chi connectivity index (χ1n) is 7.10. The third-order valence-electron chi connectivity index (χ3n) is 3.45. The normalized spacial score (nSPS) is 13.0. The van der Waals surface area contributed by atoms with Gasteiger partial charge in [-0.25, -0.2) is 9.97 Å². The van der Waals surface area contributed by atoms with Crippen LogP contribution in [0.5, 0.6) is 0 Å². The molecule has 0 aromatic carbocycles. The number of thioether (sulfide) groups is 1. The van der Waals surface area contributed by atoms with E-state index in [1.165, 1.54) is 18.6 Å². The van der Waals surface area contributed by atoms with Crippen LogP contribution in [0, 0.1) is 6.92 Å². The molecule has 0 N–H and O–H groups in total. The van der Waals surface area contributed by atoms with E-state index in [1.54, 1.807) is 0 Å². The highest BCUT2D eigenvalue weighted by atomic mass is 35.5. The topological polar surface area (TPSA) is 30.7 Å². The van der Waals surface area contributed by atoms with Crippen LogP contribution in [-0.2, 0) is 6.54 Å². The Morgan fingerprint density at radius 1 is 1.35 bits per heavy atom. The number of unbranched alkanes of at least 4 members (excludes halogenated alkanes) is 2. The molecular formula is C15H22ClN3S. The van der Waals surface area contributed by atoms with Gasteiger partial charge in [0.25, 0.3) is 0 Å². The highest BCUT2D eigenvalue weighted by molar-refractivity contribution is 7.98. The predicted molar refractivity (Wildman–Crippen MR) is 88.8 cm³/mol. The molecule has 0 aliphatic carbocycles. The van der Waals surface area contributed by atoms with Crippen molar-refractivity contribution in [2.24, 2.45) is 0 Å². The summed E-state index contributed by atoms with van der Waals surface area (Å²) in [5.41, 5.74) is 3.12. The molecular weight excluding hydrogens is 290 g/mol. The number of halogens is 1. The van der Waals surface area contributed by atoms with Crippen LogP contribution in [0.25, 0.3) is 11.2 Å². The predicted octanol–water partition coefficient (Wildman–Crippen LogP) is 4.57. The minimum absolute atomic E-state index is 0.0882. The lowest BCUT2D eigenvalue weighted by Crippen LogP contribution is -2.05. The van der Waals surface area contributed by atoms with E-state index in [2.05, 4.69) is 22.7 Å². The van der Waals surface area contributed by atoms with Crippen molar-refractivity contribution in [3.63, 3.8) is 0 Å². The summed E-state index contributed by atoms with van der Waals surface area (Å²) in [6.45, 7) is 5.00. The molecule has 0 aliphatic heterocycles. The van der Waals surface area contributed by atoms with E-state index >= 15 is 0 Å². The minimum atomic E-state index is -0.0882. The molecule has 2 aromatic heterocycles. The van der Waals surface area contributed by atoms with Gasteiger partial charge in [-0.3, -0.25) is 0 Å². The highest BCUT2D eigenvalue weighted by Crippen LogP contribution is 2.25. The van der Waals surface area contributed by atoms with Crippen LogP contribution in [-0.4, -0.2) is 26.5 Å². The quantitative estimate of drug-likeness (QED) is 0.554. The van der Waals surface area contributed by atoms with E-state index in [0.717, 1.165) is 35.5 Å². The number of aromatic nitrogens is 3. The molecule has 1 atom stereocenters. The Bertz CT molecular complexity index is 565. The number of nitrogens with zero attached hydrogens (tertiary/aromatic N) is 3. The van der Waals surface area contributed by atoms with Crippen LogP contribution < -0.4 is 0 Å². The monoisotopic (exact) mass is 311 g/mol. The SMILES string of the molecule is CSCCCCCn1c(C(C)Cl)nc2c(C)ccnc21. The fourth-order valence-electron chi connectivity index (χ4n) is 2.37. The number of alkyl halides is 1. The molecule has 0 aliphatic rings. The summed E-state index contributed by atoms with van der Waals surface area (Å²) in [4.78, 5) is 9.19. The summed E-state index contributed by atoms with van der Waals surface area (Å²) in [6.07, 6.45) is 7.67. The summed E-state index contributed by atoms with van der Waals surface area (Å²) in [5, 5.41) is -0.0882.